The molecule has 2 rings (SSSR count). The zero-order chi connectivity index (χ0) is 9.42. The summed E-state index contributed by atoms with van der Waals surface area (Å²) in [6.07, 6.45) is -2.65. The van der Waals surface area contributed by atoms with Crippen molar-refractivity contribution in [3.05, 3.63) is 27.7 Å². The number of fused-ring (bicyclic) bond motifs is 1. The Balaban J connectivity index is 2.68. The molecule has 2 nitrogen and oxygen atoms in total. The predicted molar refractivity (Wildman–Crippen MR) is 51.7 cm³/mol. The van der Waals surface area contributed by atoms with Crippen molar-refractivity contribution in [2.24, 2.45) is 0 Å². The highest BCUT2D eigenvalue weighted by atomic mass is 127. The van der Waals surface area contributed by atoms with E-state index in [-0.39, 0.29) is 0 Å². The molecule has 5 heteroatoms. The first-order valence-corrected chi connectivity index (χ1v) is 4.59. The van der Waals surface area contributed by atoms with Crippen LogP contribution in [0.1, 0.15) is 12.3 Å². The molecule has 0 radical (unpaired) electrons. The van der Waals surface area contributed by atoms with Crippen LogP contribution in [0.5, 0.6) is 0 Å². The molecule has 0 atom stereocenters. The molecule has 0 unspecified atom stereocenters. The molecule has 1 aromatic heterocycles. The highest BCUT2D eigenvalue weighted by molar-refractivity contribution is 14.1. The molecule has 0 amide bonds. The summed E-state index contributed by atoms with van der Waals surface area (Å²) < 4.78 is 30.0. The summed E-state index contributed by atoms with van der Waals surface area (Å²) in [7, 11) is 0. The Bertz CT molecular complexity index is 441. The van der Waals surface area contributed by atoms with Crippen molar-refractivity contribution in [2.45, 2.75) is 6.43 Å². The second-order valence-electron chi connectivity index (χ2n) is 2.44. The lowest BCUT2D eigenvalue weighted by molar-refractivity contribution is 0.117. The molecule has 0 aliphatic carbocycles. The normalized spacial score (nSPS) is 11.4. The van der Waals surface area contributed by atoms with Crippen molar-refractivity contribution in [2.75, 3.05) is 0 Å². The summed E-state index contributed by atoms with van der Waals surface area (Å²) in [4.78, 5) is 3.65. The van der Waals surface area contributed by atoms with Crippen molar-refractivity contribution < 1.29 is 13.2 Å². The van der Waals surface area contributed by atoms with Crippen LogP contribution in [0.2, 0.25) is 0 Å². The molecule has 0 aliphatic rings. The number of para-hydroxylation sites is 1. The van der Waals surface area contributed by atoms with Gasteiger partial charge in [0.15, 0.2) is 5.58 Å². The first kappa shape index (κ1) is 8.86. The molecular weight excluding hydrogens is 291 g/mol. The van der Waals surface area contributed by atoms with Crippen molar-refractivity contribution >= 4 is 33.7 Å². The second-order valence-corrected chi connectivity index (χ2v) is 3.60. The Kier molecular flexibility index (Phi) is 2.19. The molecule has 0 fully saturated rings. The number of hydrogen-bond acceptors (Lipinski definition) is 2. The van der Waals surface area contributed by atoms with E-state index in [2.05, 4.69) is 4.98 Å². The predicted octanol–water partition coefficient (Wildman–Crippen LogP) is 3.37. The van der Waals surface area contributed by atoms with Crippen LogP contribution in [-0.4, -0.2) is 4.98 Å². The standard InChI is InChI=1S/C8H4F2INO/c9-7(10)8-12-5-3-1-2-4(11)6(5)13-8/h1-3,7H. The third-order valence-corrected chi connectivity index (χ3v) is 2.42. The minimum absolute atomic E-state index is 0.429. The van der Waals surface area contributed by atoms with Crippen LogP contribution in [0.25, 0.3) is 11.1 Å². The molecule has 13 heavy (non-hydrogen) atoms. The van der Waals surface area contributed by atoms with E-state index in [4.69, 9.17) is 4.42 Å². The van der Waals surface area contributed by atoms with E-state index in [1.54, 1.807) is 18.2 Å². The highest BCUT2D eigenvalue weighted by Crippen LogP contribution is 2.26. The van der Waals surface area contributed by atoms with Gasteiger partial charge in [-0.3, -0.25) is 0 Å². The monoisotopic (exact) mass is 295 g/mol. The molecule has 2 aromatic rings. The third kappa shape index (κ3) is 1.52. The molecule has 0 saturated carbocycles. The van der Waals surface area contributed by atoms with Gasteiger partial charge in [0.25, 0.3) is 5.89 Å². The number of hydrogen-bond donors (Lipinski definition) is 0. The van der Waals surface area contributed by atoms with Crippen LogP contribution in [0.4, 0.5) is 8.78 Å². The zero-order valence-corrected chi connectivity index (χ0v) is 8.46. The molecule has 0 saturated heterocycles. The maximum atomic E-state index is 12.2. The van der Waals surface area contributed by atoms with E-state index in [1.165, 1.54) is 0 Å². The lowest BCUT2D eigenvalue weighted by Gasteiger charge is -1.88. The molecule has 1 heterocycles. The minimum Gasteiger partial charge on any atom is -0.434 e. The Morgan fingerprint density at radius 3 is 2.77 bits per heavy atom. The first-order chi connectivity index (χ1) is 6.18. The summed E-state index contributed by atoms with van der Waals surface area (Å²) >= 11 is 2.02. The highest BCUT2D eigenvalue weighted by Gasteiger charge is 2.16. The van der Waals surface area contributed by atoms with E-state index in [0.29, 0.717) is 11.1 Å². The van der Waals surface area contributed by atoms with Crippen molar-refractivity contribution in [3.8, 4) is 0 Å². The largest absolute Gasteiger partial charge is 0.434 e. The van der Waals surface area contributed by atoms with Crippen molar-refractivity contribution in [1.82, 2.24) is 4.98 Å². The van der Waals surface area contributed by atoms with E-state index in [0.717, 1.165) is 3.57 Å². The van der Waals surface area contributed by atoms with E-state index in [1.807, 2.05) is 22.6 Å². The van der Waals surface area contributed by atoms with Gasteiger partial charge in [-0.05, 0) is 34.7 Å². The van der Waals surface area contributed by atoms with Crippen LogP contribution in [-0.2, 0) is 0 Å². The maximum absolute atomic E-state index is 12.2. The fourth-order valence-electron chi connectivity index (χ4n) is 1.03. The molecule has 0 aliphatic heterocycles. The third-order valence-electron chi connectivity index (χ3n) is 1.57. The van der Waals surface area contributed by atoms with Crippen LogP contribution in [0.3, 0.4) is 0 Å². The number of halogens is 3. The van der Waals surface area contributed by atoms with Gasteiger partial charge in [0.2, 0.25) is 0 Å². The molecule has 0 N–H and O–H groups in total. The molecular formula is C8H4F2INO. The lowest BCUT2D eigenvalue weighted by Crippen LogP contribution is -1.80. The van der Waals surface area contributed by atoms with Gasteiger partial charge >= 0.3 is 6.43 Å². The first-order valence-electron chi connectivity index (χ1n) is 3.51. The summed E-state index contributed by atoms with van der Waals surface area (Å²) in [6, 6.07) is 5.18. The van der Waals surface area contributed by atoms with Crippen LogP contribution in [0, 0.1) is 3.57 Å². The van der Waals surface area contributed by atoms with Gasteiger partial charge in [0.05, 0.1) is 3.57 Å². The van der Waals surface area contributed by atoms with Gasteiger partial charge in [0, 0.05) is 0 Å². The summed E-state index contributed by atoms with van der Waals surface area (Å²) in [5.74, 6) is -0.515. The quantitative estimate of drug-likeness (QED) is 0.754. The molecule has 68 valence electrons. The van der Waals surface area contributed by atoms with Crippen LogP contribution < -0.4 is 0 Å². The average molecular weight is 295 g/mol. The summed E-state index contributed by atoms with van der Waals surface area (Å²) in [6.45, 7) is 0. The second kappa shape index (κ2) is 3.21. The summed E-state index contributed by atoms with van der Waals surface area (Å²) in [5, 5.41) is 0. The SMILES string of the molecule is FC(F)c1nc2cccc(I)c2o1. The smallest absolute Gasteiger partial charge is 0.313 e. The fourth-order valence-corrected chi connectivity index (χ4v) is 1.62. The van der Waals surface area contributed by atoms with Gasteiger partial charge in [0.1, 0.15) is 5.52 Å². The summed E-state index contributed by atoms with van der Waals surface area (Å²) in [5.41, 5.74) is 0.903. The van der Waals surface area contributed by atoms with Gasteiger partial charge in [-0.1, -0.05) is 6.07 Å². The Morgan fingerprint density at radius 1 is 1.38 bits per heavy atom. The topological polar surface area (TPSA) is 26.0 Å². The van der Waals surface area contributed by atoms with E-state index >= 15 is 0 Å². The van der Waals surface area contributed by atoms with Crippen molar-refractivity contribution in [1.29, 1.82) is 0 Å². The number of alkyl halides is 2. The zero-order valence-electron chi connectivity index (χ0n) is 6.30. The fraction of sp³-hybridized carbons (Fsp3) is 0.125. The van der Waals surface area contributed by atoms with Gasteiger partial charge in [-0.2, -0.15) is 8.78 Å². The minimum atomic E-state index is -2.65. The average Bonchev–Trinajstić information content (AvgIpc) is 2.49. The number of aromatic nitrogens is 1. The van der Waals surface area contributed by atoms with Crippen LogP contribution in [0.15, 0.2) is 22.6 Å². The van der Waals surface area contributed by atoms with E-state index in [9.17, 15) is 8.78 Å². The molecule has 0 spiro atoms. The van der Waals surface area contributed by atoms with Crippen molar-refractivity contribution in [3.63, 3.8) is 0 Å². The van der Waals surface area contributed by atoms with Gasteiger partial charge in [-0.25, -0.2) is 4.98 Å². The molecule has 0 bridgehead atoms. The number of rotatable bonds is 1. The van der Waals surface area contributed by atoms with E-state index < -0.39 is 12.3 Å². The maximum Gasteiger partial charge on any atom is 0.313 e. The number of benzene rings is 1. The van der Waals surface area contributed by atoms with Crippen LogP contribution >= 0.6 is 22.6 Å². The Morgan fingerprint density at radius 2 is 2.15 bits per heavy atom. The lowest BCUT2D eigenvalue weighted by atomic mass is 10.3. The number of oxazole rings is 1. The Hall–Kier alpha value is -0.720. The van der Waals surface area contributed by atoms with Gasteiger partial charge < -0.3 is 4.42 Å². The van der Waals surface area contributed by atoms with Gasteiger partial charge in [-0.15, -0.1) is 0 Å². The number of nitrogens with zero attached hydrogens (tertiary/aromatic N) is 1. The Labute approximate surface area is 86.1 Å². The molecule has 1 aromatic carbocycles.